The van der Waals surface area contributed by atoms with E-state index < -0.39 is 0 Å². The van der Waals surface area contributed by atoms with Crippen molar-refractivity contribution >= 4 is 17.1 Å². The van der Waals surface area contributed by atoms with Crippen LogP contribution in [0.1, 0.15) is 41.5 Å². The minimum absolute atomic E-state index is 1.05. The molecule has 24 heavy (non-hydrogen) atoms. The van der Waals surface area contributed by atoms with Gasteiger partial charge < -0.3 is 5.32 Å². The van der Waals surface area contributed by atoms with E-state index in [0.717, 1.165) is 24.9 Å². The molecule has 2 nitrogen and oxygen atoms in total. The smallest absolute Gasteiger partial charge is 0.0691 e. The fraction of sp³-hybridized carbons (Fsp3) is 0.318. The topological polar surface area (TPSA) is 24.4 Å². The Hall–Kier alpha value is -2.35. The van der Waals surface area contributed by atoms with Gasteiger partial charge in [-0.25, -0.2) is 0 Å². The molecule has 2 aromatic rings. The molecular formula is C22H26N2. The molecule has 1 aliphatic rings. The number of para-hydroxylation sites is 2. The Bertz CT molecular complexity index is 772. The molecule has 0 amide bonds. The Balaban J connectivity index is 1.90. The van der Waals surface area contributed by atoms with Gasteiger partial charge >= 0.3 is 0 Å². The van der Waals surface area contributed by atoms with Gasteiger partial charge in [0.25, 0.3) is 0 Å². The monoisotopic (exact) mass is 318 g/mol. The van der Waals surface area contributed by atoms with Crippen LogP contribution in [0.4, 0.5) is 11.4 Å². The third-order valence-corrected chi connectivity index (χ3v) is 4.68. The molecule has 0 fully saturated rings. The molecule has 3 rings (SSSR count). The quantitative estimate of drug-likeness (QED) is 0.718. The second-order valence-corrected chi connectivity index (χ2v) is 6.76. The first-order valence-corrected chi connectivity index (χ1v) is 8.72. The fourth-order valence-electron chi connectivity index (χ4n) is 3.29. The van der Waals surface area contributed by atoms with Crippen LogP contribution < -0.4 is 5.32 Å². The summed E-state index contributed by atoms with van der Waals surface area (Å²) >= 11 is 0. The zero-order chi connectivity index (χ0) is 17.1. The lowest BCUT2D eigenvalue weighted by Gasteiger charge is -2.19. The van der Waals surface area contributed by atoms with E-state index in [1.807, 2.05) is 0 Å². The van der Waals surface area contributed by atoms with Gasteiger partial charge in [-0.1, -0.05) is 36.4 Å². The number of hydrogen-bond acceptors (Lipinski definition) is 2. The number of aryl methyl sites for hydroxylation is 4. The number of benzene rings is 2. The van der Waals surface area contributed by atoms with E-state index in [-0.39, 0.29) is 0 Å². The molecule has 0 saturated heterocycles. The summed E-state index contributed by atoms with van der Waals surface area (Å²) in [5, 5.41) is 3.64. The van der Waals surface area contributed by atoms with Crippen molar-refractivity contribution in [1.29, 1.82) is 0 Å². The van der Waals surface area contributed by atoms with E-state index in [1.54, 1.807) is 0 Å². The van der Waals surface area contributed by atoms with Crippen LogP contribution >= 0.6 is 0 Å². The van der Waals surface area contributed by atoms with Crippen molar-refractivity contribution in [2.45, 2.75) is 47.0 Å². The van der Waals surface area contributed by atoms with Gasteiger partial charge in [-0.3, -0.25) is 4.99 Å². The van der Waals surface area contributed by atoms with Gasteiger partial charge in [-0.05, 0) is 75.3 Å². The van der Waals surface area contributed by atoms with Gasteiger partial charge in [0.15, 0.2) is 0 Å². The molecule has 2 aromatic carbocycles. The fourth-order valence-corrected chi connectivity index (χ4v) is 3.29. The first kappa shape index (κ1) is 16.5. The molecule has 2 heteroatoms. The lowest BCUT2D eigenvalue weighted by Crippen LogP contribution is -2.11. The summed E-state index contributed by atoms with van der Waals surface area (Å²) in [7, 11) is 0. The van der Waals surface area contributed by atoms with Crippen LogP contribution in [0.5, 0.6) is 0 Å². The minimum atomic E-state index is 1.05. The zero-order valence-corrected chi connectivity index (χ0v) is 15.1. The number of nitrogens with one attached hydrogen (secondary N) is 1. The summed E-state index contributed by atoms with van der Waals surface area (Å²) in [5.41, 5.74) is 9.85. The number of allylic oxidation sites excluding steroid dienone is 2. The molecule has 0 aliphatic heterocycles. The maximum atomic E-state index is 4.95. The summed E-state index contributed by atoms with van der Waals surface area (Å²) in [4.78, 5) is 4.95. The second-order valence-electron chi connectivity index (χ2n) is 6.76. The first-order chi connectivity index (χ1) is 11.5. The third-order valence-electron chi connectivity index (χ3n) is 4.68. The van der Waals surface area contributed by atoms with Gasteiger partial charge in [-0.2, -0.15) is 0 Å². The first-order valence-electron chi connectivity index (χ1n) is 8.72. The van der Waals surface area contributed by atoms with Gasteiger partial charge in [-0.15, -0.1) is 0 Å². The van der Waals surface area contributed by atoms with Crippen LogP contribution in [0, 0.1) is 27.7 Å². The summed E-state index contributed by atoms with van der Waals surface area (Å²) in [6.45, 7) is 8.58. The molecule has 0 saturated carbocycles. The molecule has 0 unspecified atom stereocenters. The SMILES string of the molecule is Cc1cccc(C)c1N=C1C=C(Nc2c(C)cccc2C)CCC1. The van der Waals surface area contributed by atoms with Crippen LogP contribution in [0.3, 0.4) is 0 Å². The van der Waals surface area contributed by atoms with E-state index >= 15 is 0 Å². The van der Waals surface area contributed by atoms with Crippen molar-refractivity contribution < 1.29 is 0 Å². The Kier molecular flexibility index (Phi) is 4.84. The minimum Gasteiger partial charge on any atom is -0.358 e. The number of hydrogen-bond donors (Lipinski definition) is 1. The highest BCUT2D eigenvalue weighted by Gasteiger charge is 2.12. The Labute approximate surface area is 145 Å². The van der Waals surface area contributed by atoms with Gasteiger partial charge in [0.1, 0.15) is 0 Å². The van der Waals surface area contributed by atoms with E-state index in [1.165, 1.54) is 39.3 Å². The molecule has 0 aromatic heterocycles. The van der Waals surface area contributed by atoms with Crippen LogP contribution in [-0.2, 0) is 0 Å². The maximum Gasteiger partial charge on any atom is 0.0691 e. The van der Waals surface area contributed by atoms with Crippen LogP contribution in [0.15, 0.2) is 53.2 Å². The average Bonchev–Trinajstić information content (AvgIpc) is 2.55. The molecule has 1 N–H and O–H groups in total. The van der Waals surface area contributed by atoms with Crippen molar-refractivity contribution in [2.75, 3.05) is 5.32 Å². The summed E-state index contributed by atoms with van der Waals surface area (Å²) in [6, 6.07) is 12.8. The molecule has 124 valence electrons. The zero-order valence-electron chi connectivity index (χ0n) is 15.1. The molecular weight excluding hydrogens is 292 g/mol. The van der Waals surface area contributed by atoms with E-state index in [4.69, 9.17) is 4.99 Å². The Morgan fingerprint density at radius 2 is 1.38 bits per heavy atom. The average molecular weight is 318 g/mol. The normalized spacial score (nSPS) is 16.2. The lowest BCUT2D eigenvalue weighted by atomic mass is 10.0. The van der Waals surface area contributed by atoms with Crippen molar-refractivity contribution in [1.82, 2.24) is 0 Å². The highest BCUT2D eigenvalue weighted by atomic mass is 14.9. The maximum absolute atomic E-state index is 4.95. The molecule has 0 spiro atoms. The second kappa shape index (κ2) is 7.04. The molecule has 0 radical (unpaired) electrons. The standard InChI is InChI=1S/C22H26N2/c1-15-8-5-9-16(2)21(15)23-19-12-7-13-20(14-19)24-22-17(3)10-6-11-18(22)4/h5-6,8-11,14,23H,7,12-13H2,1-4H3. The Morgan fingerprint density at radius 1 is 0.792 bits per heavy atom. The predicted molar refractivity (Wildman–Crippen MR) is 104 cm³/mol. The third kappa shape index (κ3) is 3.59. The lowest BCUT2D eigenvalue weighted by molar-refractivity contribution is 0.839. The van der Waals surface area contributed by atoms with Gasteiger partial charge in [0.2, 0.25) is 0 Å². The molecule has 0 bridgehead atoms. The molecule has 0 atom stereocenters. The summed E-state index contributed by atoms with van der Waals surface area (Å²) < 4.78 is 0. The Morgan fingerprint density at radius 3 is 2.00 bits per heavy atom. The largest absolute Gasteiger partial charge is 0.358 e. The van der Waals surface area contributed by atoms with Crippen LogP contribution in [-0.4, -0.2) is 5.71 Å². The van der Waals surface area contributed by atoms with Gasteiger partial charge in [0, 0.05) is 17.1 Å². The van der Waals surface area contributed by atoms with Crippen molar-refractivity contribution in [2.24, 2.45) is 4.99 Å². The highest BCUT2D eigenvalue weighted by Crippen LogP contribution is 2.28. The van der Waals surface area contributed by atoms with Crippen molar-refractivity contribution in [3.05, 3.63) is 70.4 Å². The van der Waals surface area contributed by atoms with E-state index in [0.29, 0.717) is 0 Å². The summed E-state index contributed by atoms with van der Waals surface area (Å²) in [5.74, 6) is 0. The van der Waals surface area contributed by atoms with E-state index in [9.17, 15) is 0 Å². The molecule has 1 aliphatic carbocycles. The van der Waals surface area contributed by atoms with Crippen molar-refractivity contribution in [3.63, 3.8) is 0 Å². The summed E-state index contributed by atoms with van der Waals surface area (Å²) in [6.07, 6.45) is 5.51. The van der Waals surface area contributed by atoms with Crippen LogP contribution in [0.25, 0.3) is 0 Å². The van der Waals surface area contributed by atoms with E-state index in [2.05, 4.69) is 75.5 Å². The van der Waals surface area contributed by atoms with Crippen molar-refractivity contribution in [3.8, 4) is 0 Å². The van der Waals surface area contributed by atoms with Crippen LogP contribution in [0.2, 0.25) is 0 Å². The van der Waals surface area contributed by atoms with Gasteiger partial charge in [0.05, 0.1) is 5.69 Å². The molecule has 0 heterocycles. The predicted octanol–water partition coefficient (Wildman–Crippen LogP) is 6.17. The number of aliphatic imine (C=N–C) groups is 1. The highest BCUT2D eigenvalue weighted by molar-refractivity contribution is 5.98. The number of nitrogens with zero attached hydrogens (tertiary/aromatic N) is 1. The number of anilines is 1. The number of rotatable bonds is 3.